The maximum Gasteiger partial charge on any atom is 0.120 e. The molecule has 86 valence electrons. The Kier molecular flexibility index (Phi) is 6.04. The van der Waals surface area contributed by atoms with Crippen LogP contribution in [0.1, 0.15) is 26.1 Å². The summed E-state index contributed by atoms with van der Waals surface area (Å²) >= 11 is 0. The van der Waals surface area contributed by atoms with E-state index in [1.54, 1.807) is 6.20 Å². The summed E-state index contributed by atoms with van der Waals surface area (Å²) in [6, 6.07) is 0. The number of rotatable bonds is 8. The third-order valence-corrected chi connectivity index (χ3v) is 2.44. The average molecular weight is 210 g/mol. The second-order valence-corrected chi connectivity index (χ2v) is 3.65. The Bertz CT molecular complexity index is 233. The normalized spacial score (nSPS) is 11.1. The summed E-state index contributed by atoms with van der Waals surface area (Å²) in [6.07, 6.45) is 4.87. The van der Waals surface area contributed by atoms with E-state index in [0.717, 1.165) is 32.0 Å². The van der Waals surface area contributed by atoms with Crippen LogP contribution >= 0.6 is 0 Å². The molecule has 0 radical (unpaired) electrons. The van der Waals surface area contributed by atoms with Crippen LogP contribution in [-0.4, -0.2) is 41.0 Å². The van der Waals surface area contributed by atoms with Crippen LogP contribution in [0.3, 0.4) is 0 Å². The molecule has 0 fully saturated rings. The number of likely N-dealkylation sites (N-methyl/N-ethyl adjacent to an activating group) is 1. The predicted molar refractivity (Wildman–Crippen MR) is 62.7 cm³/mol. The van der Waals surface area contributed by atoms with Gasteiger partial charge in [0.25, 0.3) is 0 Å². The third kappa shape index (κ3) is 4.95. The Hall–Kier alpha value is -0.870. The molecule has 1 rings (SSSR count). The van der Waals surface area contributed by atoms with Crippen molar-refractivity contribution in [3.63, 3.8) is 0 Å². The second-order valence-electron chi connectivity index (χ2n) is 3.65. The van der Waals surface area contributed by atoms with Crippen molar-refractivity contribution in [2.24, 2.45) is 0 Å². The fraction of sp³-hybridized carbons (Fsp3) is 0.727. The fourth-order valence-corrected chi connectivity index (χ4v) is 1.58. The zero-order valence-corrected chi connectivity index (χ0v) is 9.79. The lowest BCUT2D eigenvalue weighted by Gasteiger charge is -2.19. The van der Waals surface area contributed by atoms with Crippen LogP contribution in [0.2, 0.25) is 0 Å². The molecule has 0 saturated carbocycles. The van der Waals surface area contributed by atoms with E-state index in [0.29, 0.717) is 0 Å². The quantitative estimate of drug-likeness (QED) is 0.634. The molecule has 1 aromatic rings. The van der Waals surface area contributed by atoms with Crippen LogP contribution < -0.4 is 5.32 Å². The first-order chi connectivity index (χ1) is 7.36. The molecular weight excluding hydrogens is 188 g/mol. The van der Waals surface area contributed by atoms with Gasteiger partial charge in [-0.3, -0.25) is 0 Å². The highest BCUT2D eigenvalue weighted by Crippen LogP contribution is 1.90. The van der Waals surface area contributed by atoms with Crippen molar-refractivity contribution in [1.82, 2.24) is 20.2 Å². The number of nitrogens with zero attached hydrogens (tertiary/aromatic N) is 2. The van der Waals surface area contributed by atoms with E-state index in [1.807, 2.05) is 6.20 Å². The number of nitrogens with one attached hydrogen (secondary N) is 2. The summed E-state index contributed by atoms with van der Waals surface area (Å²) in [5.74, 6) is 1.01. The summed E-state index contributed by atoms with van der Waals surface area (Å²) < 4.78 is 0. The molecule has 2 N–H and O–H groups in total. The van der Waals surface area contributed by atoms with Crippen molar-refractivity contribution >= 4 is 0 Å². The molecular formula is C11H22N4. The molecule has 0 aliphatic rings. The van der Waals surface area contributed by atoms with E-state index in [-0.39, 0.29) is 0 Å². The van der Waals surface area contributed by atoms with E-state index in [1.165, 1.54) is 13.0 Å². The standard InChI is InChI=1S/C11H22N4/c1-3-8-15(4-2)9-7-12-10-11-13-5-6-14-11/h5-6,12H,3-4,7-10H2,1-2H3,(H,13,14). The minimum absolute atomic E-state index is 0.830. The van der Waals surface area contributed by atoms with Gasteiger partial charge in [-0.25, -0.2) is 4.98 Å². The van der Waals surface area contributed by atoms with Crippen LogP contribution in [0, 0.1) is 0 Å². The number of hydrogen-bond acceptors (Lipinski definition) is 3. The van der Waals surface area contributed by atoms with Crippen LogP contribution in [0.15, 0.2) is 12.4 Å². The number of hydrogen-bond donors (Lipinski definition) is 2. The Morgan fingerprint density at radius 1 is 1.40 bits per heavy atom. The number of imidazole rings is 1. The molecule has 0 aromatic carbocycles. The van der Waals surface area contributed by atoms with Crippen LogP contribution in [0.5, 0.6) is 0 Å². The third-order valence-electron chi connectivity index (χ3n) is 2.44. The van der Waals surface area contributed by atoms with Crippen molar-refractivity contribution in [2.75, 3.05) is 26.2 Å². The first kappa shape index (κ1) is 12.2. The molecule has 0 aliphatic carbocycles. The highest BCUT2D eigenvalue weighted by Gasteiger charge is 1.99. The van der Waals surface area contributed by atoms with Gasteiger partial charge in [0.2, 0.25) is 0 Å². The van der Waals surface area contributed by atoms with E-state index in [4.69, 9.17) is 0 Å². The molecule has 4 heteroatoms. The molecule has 0 aliphatic heterocycles. The largest absolute Gasteiger partial charge is 0.348 e. The lowest BCUT2D eigenvalue weighted by molar-refractivity contribution is 0.287. The summed E-state index contributed by atoms with van der Waals surface area (Å²) in [7, 11) is 0. The lowest BCUT2D eigenvalue weighted by atomic mass is 10.4. The minimum atomic E-state index is 0.830. The van der Waals surface area contributed by atoms with Gasteiger partial charge in [-0.05, 0) is 19.5 Å². The maximum atomic E-state index is 4.16. The molecule has 0 unspecified atom stereocenters. The summed E-state index contributed by atoms with van der Waals surface area (Å²) in [6.45, 7) is 9.73. The number of H-pyrrole nitrogens is 1. The molecule has 4 nitrogen and oxygen atoms in total. The summed E-state index contributed by atoms with van der Waals surface area (Å²) in [4.78, 5) is 9.69. The van der Waals surface area contributed by atoms with Crippen molar-refractivity contribution in [1.29, 1.82) is 0 Å². The van der Waals surface area contributed by atoms with E-state index in [9.17, 15) is 0 Å². The Balaban J connectivity index is 2.05. The van der Waals surface area contributed by atoms with Crippen LogP contribution in [0.4, 0.5) is 0 Å². The molecule has 0 atom stereocenters. The smallest absolute Gasteiger partial charge is 0.120 e. The fourth-order valence-electron chi connectivity index (χ4n) is 1.58. The highest BCUT2D eigenvalue weighted by atomic mass is 15.1. The van der Waals surface area contributed by atoms with Gasteiger partial charge in [-0.2, -0.15) is 0 Å². The van der Waals surface area contributed by atoms with Gasteiger partial charge in [-0.15, -0.1) is 0 Å². The Morgan fingerprint density at radius 3 is 2.87 bits per heavy atom. The second kappa shape index (κ2) is 7.43. The van der Waals surface area contributed by atoms with Crippen LogP contribution in [-0.2, 0) is 6.54 Å². The van der Waals surface area contributed by atoms with Gasteiger partial charge < -0.3 is 15.2 Å². The molecule has 0 bridgehead atoms. The van der Waals surface area contributed by atoms with Crippen molar-refractivity contribution < 1.29 is 0 Å². The molecule has 0 saturated heterocycles. The first-order valence-corrected chi connectivity index (χ1v) is 5.78. The summed E-state index contributed by atoms with van der Waals surface area (Å²) in [5.41, 5.74) is 0. The zero-order valence-electron chi connectivity index (χ0n) is 9.79. The van der Waals surface area contributed by atoms with Crippen molar-refractivity contribution in [3.8, 4) is 0 Å². The number of aromatic nitrogens is 2. The van der Waals surface area contributed by atoms with Gasteiger partial charge in [0, 0.05) is 25.5 Å². The molecule has 0 spiro atoms. The van der Waals surface area contributed by atoms with Crippen molar-refractivity contribution in [2.45, 2.75) is 26.8 Å². The van der Waals surface area contributed by atoms with Gasteiger partial charge in [-0.1, -0.05) is 13.8 Å². The topological polar surface area (TPSA) is 44.0 Å². The Morgan fingerprint density at radius 2 is 2.27 bits per heavy atom. The van der Waals surface area contributed by atoms with E-state index < -0.39 is 0 Å². The molecule has 1 aromatic heterocycles. The van der Waals surface area contributed by atoms with E-state index in [2.05, 4.69) is 34.0 Å². The predicted octanol–water partition coefficient (Wildman–Crippen LogP) is 1.23. The molecule has 15 heavy (non-hydrogen) atoms. The Labute approximate surface area is 92.1 Å². The summed E-state index contributed by atoms with van der Waals surface area (Å²) in [5, 5.41) is 3.38. The van der Waals surface area contributed by atoms with Gasteiger partial charge in [0.15, 0.2) is 0 Å². The molecule has 1 heterocycles. The van der Waals surface area contributed by atoms with Crippen LogP contribution in [0.25, 0.3) is 0 Å². The number of aromatic amines is 1. The highest BCUT2D eigenvalue weighted by molar-refractivity contribution is 4.85. The molecule has 0 amide bonds. The monoisotopic (exact) mass is 210 g/mol. The van der Waals surface area contributed by atoms with Gasteiger partial charge in [0.05, 0.1) is 6.54 Å². The van der Waals surface area contributed by atoms with E-state index >= 15 is 0 Å². The lowest BCUT2D eigenvalue weighted by Crippen LogP contribution is -2.32. The van der Waals surface area contributed by atoms with Gasteiger partial charge in [0.1, 0.15) is 5.82 Å². The average Bonchev–Trinajstić information content (AvgIpc) is 2.75. The first-order valence-electron chi connectivity index (χ1n) is 5.78. The minimum Gasteiger partial charge on any atom is -0.348 e. The van der Waals surface area contributed by atoms with Crippen molar-refractivity contribution in [3.05, 3.63) is 18.2 Å². The SMILES string of the molecule is CCCN(CC)CCNCc1ncc[nH]1. The maximum absolute atomic E-state index is 4.16. The zero-order chi connectivity index (χ0) is 10.9. The van der Waals surface area contributed by atoms with Gasteiger partial charge >= 0.3 is 0 Å².